The van der Waals surface area contributed by atoms with Crippen LogP contribution in [0.2, 0.25) is 0 Å². The highest BCUT2D eigenvalue weighted by molar-refractivity contribution is 5.95. The van der Waals surface area contributed by atoms with Gasteiger partial charge in [0.15, 0.2) is 5.75 Å². The second kappa shape index (κ2) is 5.31. The van der Waals surface area contributed by atoms with E-state index in [2.05, 4.69) is 4.98 Å². The van der Waals surface area contributed by atoms with Gasteiger partial charge in [-0.05, 0) is 19.1 Å². The van der Waals surface area contributed by atoms with E-state index in [1.807, 2.05) is 0 Å². The molecule has 0 saturated carbocycles. The molecule has 1 aromatic heterocycles. The van der Waals surface area contributed by atoms with Gasteiger partial charge in [-0.2, -0.15) is 13.2 Å². The van der Waals surface area contributed by atoms with Gasteiger partial charge < -0.3 is 14.5 Å². The number of ether oxygens (including phenoxy) is 2. The fourth-order valence-corrected chi connectivity index (χ4v) is 2.13. The number of aromatic nitrogens is 1. The maximum absolute atomic E-state index is 13.3. The van der Waals surface area contributed by atoms with Crippen molar-refractivity contribution in [1.82, 2.24) is 4.98 Å². The van der Waals surface area contributed by atoms with Crippen LogP contribution in [0.15, 0.2) is 12.1 Å². The van der Waals surface area contributed by atoms with E-state index in [0.29, 0.717) is 5.69 Å². The Hall–Kier alpha value is -2.18. The number of aromatic amines is 1. The molecule has 114 valence electrons. The van der Waals surface area contributed by atoms with E-state index in [1.54, 1.807) is 13.8 Å². The van der Waals surface area contributed by atoms with E-state index in [0.717, 1.165) is 7.11 Å². The molecule has 0 unspecified atom stereocenters. The Morgan fingerprint density at radius 1 is 1.33 bits per heavy atom. The zero-order valence-corrected chi connectivity index (χ0v) is 11.7. The Kier molecular flexibility index (Phi) is 3.85. The molecule has 0 fully saturated rings. The van der Waals surface area contributed by atoms with Crippen LogP contribution in [0.25, 0.3) is 10.9 Å². The van der Waals surface area contributed by atoms with Crippen LogP contribution in [0.4, 0.5) is 13.2 Å². The van der Waals surface area contributed by atoms with Gasteiger partial charge in [0.2, 0.25) is 0 Å². The Labute approximate surface area is 118 Å². The quantitative estimate of drug-likeness (QED) is 0.877. The van der Waals surface area contributed by atoms with Gasteiger partial charge in [-0.25, -0.2) is 0 Å². The van der Waals surface area contributed by atoms with E-state index in [9.17, 15) is 18.0 Å². The number of hydrogen-bond acceptors (Lipinski definition) is 3. The summed E-state index contributed by atoms with van der Waals surface area (Å²) in [5, 5.41) is -0.193. The van der Waals surface area contributed by atoms with Crippen LogP contribution in [0.1, 0.15) is 24.6 Å². The molecule has 0 aliphatic carbocycles. The van der Waals surface area contributed by atoms with Crippen LogP contribution >= 0.6 is 0 Å². The predicted molar refractivity (Wildman–Crippen MR) is 70.5 cm³/mol. The number of esters is 1. The molecule has 2 rings (SSSR count). The first-order valence-electron chi connectivity index (χ1n) is 6.26. The van der Waals surface area contributed by atoms with E-state index >= 15 is 0 Å². The fourth-order valence-electron chi connectivity index (χ4n) is 2.13. The number of carbonyl (C=O) groups is 1. The third-order valence-corrected chi connectivity index (χ3v) is 3.06. The minimum Gasteiger partial charge on any atom is -0.496 e. The van der Waals surface area contributed by atoms with Crippen LogP contribution in [0.3, 0.4) is 0 Å². The van der Waals surface area contributed by atoms with E-state index in [1.165, 1.54) is 12.1 Å². The molecule has 21 heavy (non-hydrogen) atoms. The molecule has 7 heteroatoms. The summed E-state index contributed by atoms with van der Waals surface area (Å²) < 4.78 is 49.9. The second-order valence-electron chi connectivity index (χ2n) is 4.47. The minimum atomic E-state index is -4.63. The topological polar surface area (TPSA) is 51.3 Å². The van der Waals surface area contributed by atoms with Crippen LogP contribution < -0.4 is 9.47 Å². The van der Waals surface area contributed by atoms with E-state index in [4.69, 9.17) is 9.47 Å². The minimum absolute atomic E-state index is 0.0669. The Bertz CT molecular complexity index is 689. The van der Waals surface area contributed by atoms with Crippen molar-refractivity contribution in [2.75, 3.05) is 7.11 Å². The lowest BCUT2D eigenvalue weighted by Gasteiger charge is -2.14. The number of benzene rings is 1. The van der Waals surface area contributed by atoms with Gasteiger partial charge in [0.25, 0.3) is 0 Å². The first kappa shape index (κ1) is 15.2. The highest BCUT2D eigenvalue weighted by Gasteiger charge is 2.38. The lowest BCUT2D eigenvalue weighted by atomic mass is 10.1. The molecule has 0 amide bonds. The Balaban J connectivity index is 2.80. The maximum Gasteiger partial charge on any atom is 0.420 e. The first-order valence-corrected chi connectivity index (χ1v) is 6.26. The monoisotopic (exact) mass is 301 g/mol. The van der Waals surface area contributed by atoms with Crippen molar-refractivity contribution in [3.63, 3.8) is 0 Å². The average molecular weight is 301 g/mol. The second-order valence-corrected chi connectivity index (χ2v) is 4.47. The summed E-state index contributed by atoms with van der Waals surface area (Å²) >= 11 is 0. The van der Waals surface area contributed by atoms with Crippen molar-refractivity contribution < 1.29 is 27.4 Å². The number of carbonyl (C=O) groups excluding carboxylic acids is 1. The molecule has 0 radical (unpaired) electrons. The van der Waals surface area contributed by atoms with Gasteiger partial charge in [0.1, 0.15) is 11.3 Å². The number of rotatable bonds is 3. The maximum atomic E-state index is 13.3. The van der Waals surface area contributed by atoms with E-state index in [-0.39, 0.29) is 28.8 Å². The van der Waals surface area contributed by atoms with Crippen molar-refractivity contribution >= 4 is 16.9 Å². The molecule has 0 aliphatic heterocycles. The molecular weight excluding hydrogens is 287 g/mol. The number of H-pyrrole nitrogens is 1. The molecule has 0 atom stereocenters. The zero-order valence-electron chi connectivity index (χ0n) is 11.7. The Morgan fingerprint density at radius 2 is 2.00 bits per heavy atom. The lowest BCUT2D eigenvalue weighted by Crippen LogP contribution is -2.10. The SMILES string of the molecule is CCC(=O)Oc1c(C)[nH]c2ccc(OC)c(C(F)(F)F)c12. The third kappa shape index (κ3) is 2.68. The number of halogens is 3. The fraction of sp³-hybridized carbons (Fsp3) is 0.357. The lowest BCUT2D eigenvalue weighted by molar-refractivity contribution is -0.138. The van der Waals surface area contributed by atoms with Gasteiger partial charge in [-0.3, -0.25) is 4.79 Å². The Morgan fingerprint density at radius 3 is 2.52 bits per heavy atom. The zero-order chi connectivity index (χ0) is 15.8. The summed E-state index contributed by atoms with van der Waals surface area (Å²) in [6.07, 6.45) is -4.57. The van der Waals surface area contributed by atoms with Crippen LogP contribution in [0, 0.1) is 6.92 Å². The predicted octanol–water partition coefficient (Wildman–Crippen LogP) is 3.82. The molecule has 0 saturated heterocycles. The number of nitrogens with one attached hydrogen (secondary N) is 1. The summed E-state index contributed by atoms with van der Waals surface area (Å²) in [7, 11) is 1.16. The van der Waals surface area contributed by atoms with Gasteiger partial charge in [0.05, 0.1) is 23.7 Å². The molecule has 2 aromatic rings. The van der Waals surface area contributed by atoms with E-state index < -0.39 is 17.7 Å². The normalized spacial score (nSPS) is 11.7. The van der Waals surface area contributed by atoms with Crippen molar-refractivity contribution in [3.05, 3.63) is 23.4 Å². The van der Waals surface area contributed by atoms with Crippen LogP contribution in [-0.2, 0) is 11.0 Å². The molecule has 0 bridgehead atoms. The molecular formula is C14H14F3NO3. The highest BCUT2D eigenvalue weighted by Crippen LogP contribution is 2.45. The summed E-state index contributed by atoms with van der Waals surface area (Å²) in [5.41, 5.74) is -0.365. The largest absolute Gasteiger partial charge is 0.496 e. The summed E-state index contributed by atoms with van der Waals surface area (Å²) in [6.45, 7) is 3.11. The number of alkyl halides is 3. The summed E-state index contributed by atoms with van der Waals surface area (Å²) in [4.78, 5) is 14.2. The van der Waals surface area contributed by atoms with Gasteiger partial charge in [0, 0.05) is 6.42 Å². The number of hydrogen-bond donors (Lipinski definition) is 1. The van der Waals surface area contributed by atoms with Crippen molar-refractivity contribution in [2.24, 2.45) is 0 Å². The third-order valence-electron chi connectivity index (χ3n) is 3.06. The average Bonchev–Trinajstić information content (AvgIpc) is 2.72. The summed E-state index contributed by atoms with van der Waals surface area (Å²) in [5.74, 6) is -1.03. The number of aryl methyl sites for hydroxylation is 1. The van der Waals surface area contributed by atoms with Crippen molar-refractivity contribution in [1.29, 1.82) is 0 Å². The highest BCUT2D eigenvalue weighted by atomic mass is 19.4. The van der Waals surface area contributed by atoms with Crippen LogP contribution in [-0.4, -0.2) is 18.1 Å². The molecule has 1 N–H and O–H groups in total. The molecule has 4 nitrogen and oxygen atoms in total. The van der Waals surface area contributed by atoms with Gasteiger partial charge in [-0.1, -0.05) is 6.92 Å². The number of methoxy groups -OCH3 is 1. The van der Waals surface area contributed by atoms with Crippen molar-refractivity contribution in [3.8, 4) is 11.5 Å². The molecule has 1 aromatic carbocycles. The van der Waals surface area contributed by atoms with Crippen molar-refractivity contribution in [2.45, 2.75) is 26.4 Å². The smallest absolute Gasteiger partial charge is 0.420 e. The summed E-state index contributed by atoms with van der Waals surface area (Å²) in [6, 6.07) is 2.69. The molecule has 0 spiro atoms. The van der Waals surface area contributed by atoms with Gasteiger partial charge in [-0.15, -0.1) is 0 Å². The van der Waals surface area contributed by atoms with Gasteiger partial charge >= 0.3 is 12.1 Å². The molecule has 1 heterocycles. The molecule has 0 aliphatic rings. The number of fused-ring (bicyclic) bond motifs is 1. The van der Waals surface area contributed by atoms with Crippen LogP contribution in [0.5, 0.6) is 11.5 Å². The first-order chi connectivity index (χ1) is 9.79. The standard InChI is InChI=1S/C14H14F3NO3/c1-4-10(19)21-13-7(2)18-8-5-6-9(20-3)12(11(8)13)14(15,16)17/h5-6,18H,4H2,1-3H3.